The molecule has 26 heavy (non-hydrogen) atoms. The van der Waals surface area contributed by atoms with Crippen LogP contribution in [0.15, 0.2) is 29.3 Å². The molecule has 0 bridgehead atoms. The minimum Gasteiger partial charge on any atom is -0.357 e. The van der Waals surface area contributed by atoms with Crippen LogP contribution in [-0.4, -0.2) is 67.3 Å². The van der Waals surface area contributed by atoms with Crippen molar-refractivity contribution in [2.75, 3.05) is 39.8 Å². The Morgan fingerprint density at radius 2 is 1.81 bits per heavy atom. The van der Waals surface area contributed by atoms with E-state index in [1.165, 1.54) is 0 Å². The first-order chi connectivity index (χ1) is 12.0. The normalized spacial score (nSPS) is 14.5. The number of rotatable bonds is 4. The molecule has 0 unspecified atom stereocenters. The molecular formula is C18H28IN5O2. The second-order valence-corrected chi connectivity index (χ2v) is 5.94. The molecule has 1 aliphatic rings. The van der Waals surface area contributed by atoms with Gasteiger partial charge in [-0.3, -0.25) is 9.59 Å². The van der Waals surface area contributed by atoms with Crippen molar-refractivity contribution in [1.82, 2.24) is 20.4 Å². The SMILES string of the molecule is CCNC(=NCc1cccc(C(=O)NC)c1)N1CCN(C(C)=O)CC1.I. The number of nitrogens with zero attached hydrogens (tertiary/aromatic N) is 3. The molecule has 0 aliphatic carbocycles. The number of nitrogens with one attached hydrogen (secondary N) is 2. The molecule has 1 saturated heterocycles. The lowest BCUT2D eigenvalue weighted by Gasteiger charge is -2.36. The molecule has 1 aliphatic heterocycles. The van der Waals surface area contributed by atoms with Gasteiger partial charge in [0.1, 0.15) is 0 Å². The van der Waals surface area contributed by atoms with Crippen molar-refractivity contribution in [3.63, 3.8) is 0 Å². The molecule has 0 atom stereocenters. The molecule has 0 radical (unpaired) electrons. The van der Waals surface area contributed by atoms with E-state index in [-0.39, 0.29) is 35.8 Å². The van der Waals surface area contributed by atoms with Gasteiger partial charge in [0, 0.05) is 52.3 Å². The third kappa shape index (κ3) is 6.15. The Morgan fingerprint density at radius 1 is 1.15 bits per heavy atom. The molecule has 0 saturated carbocycles. The number of carbonyl (C=O) groups excluding carboxylic acids is 2. The zero-order chi connectivity index (χ0) is 18.2. The van der Waals surface area contributed by atoms with Crippen molar-refractivity contribution in [2.24, 2.45) is 4.99 Å². The first kappa shape index (κ1) is 22.2. The second-order valence-electron chi connectivity index (χ2n) is 5.94. The van der Waals surface area contributed by atoms with Crippen molar-refractivity contribution >= 4 is 41.8 Å². The van der Waals surface area contributed by atoms with Gasteiger partial charge in [0.05, 0.1) is 6.54 Å². The Balaban J connectivity index is 0.00000338. The van der Waals surface area contributed by atoms with E-state index >= 15 is 0 Å². The Labute approximate surface area is 172 Å². The number of piperazine rings is 1. The molecule has 1 heterocycles. The molecule has 1 aromatic rings. The van der Waals surface area contributed by atoms with Crippen molar-refractivity contribution in [3.8, 4) is 0 Å². The summed E-state index contributed by atoms with van der Waals surface area (Å²) in [4.78, 5) is 31.9. The number of hydrogen-bond acceptors (Lipinski definition) is 3. The van der Waals surface area contributed by atoms with Crippen LogP contribution in [-0.2, 0) is 11.3 Å². The van der Waals surface area contributed by atoms with Crippen LogP contribution in [0.3, 0.4) is 0 Å². The molecule has 7 nitrogen and oxygen atoms in total. The smallest absolute Gasteiger partial charge is 0.251 e. The van der Waals surface area contributed by atoms with Gasteiger partial charge in [0.25, 0.3) is 5.91 Å². The van der Waals surface area contributed by atoms with Gasteiger partial charge in [0.2, 0.25) is 5.91 Å². The Kier molecular flexibility index (Phi) is 9.39. The summed E-state index contributed by atoms with van der Waals surface area (Å²) in [7, 11) is 1.62. The predicted octanol–water partition coefficient (Wildman–Crippen LogP) is 1.29. The number of carbonyl (C=O) groups is 2. The average molecular weight is 473 g/mol. The van der Waals surface area contributed by atoms with Gasteiger partial charge in [-0.1, -0.05) is 12.1 Å². The predicted molar refractivity (Wildman–Crippen MR) is 114 cm³/mol. The molecule has 144 valence electrons. The quantitative estimate of drug-likeness (QED) is 0.393. The van der Waals surface area contributed by atoms with Gasteiger partial charge < -0.3 is 20.4 Å². The average Bonchev–Trinajstić information content (AvgIpc) is 2.64. The lowest BCUT2D eigenvalue weighted by atomic mass is 10.1. The zero-order valence-electron chi connectivity index (χ0n) is 15.6. The highest BCUT2D eigenvalue weighted by molar-refractivity contribution is 14.0. The lowest BCUT2D eigenvalue weighted by molar-refractivity contribution is -0.130. The van der Waals surface area contributed by atoms with E-state index in [0.29, 0.717) is 25.2 Å². The molecular weight excluding hydrogens is 445 g/mol. The number of amides is 2. The first-order valence-electron chi connectivity index (χ1n) is 8.65. The summed E-state index contributed by atoms with van der Waals surface area (Å²) in [5.41, 5.74) is 1.62. The van der Waals surface area contributed by atoms with Gasteiger partial charge in [-0.25, -0.2) is 4.99 Å². The van der Waals surface area contributed by atoms with E-state index in [0.717, 1.165) is 31.2 Å². The standard InChI is InChI=1S/C18H27N5O2.HI/c1-4-20-18(23-10-8-22(9-11-23)14(2)24)21-13-15-6-5-7-16(12-15)17(25)19-3;/h5-7,12H,4,8-11,13H2,1-3H3,(H,19,25)(H,20,21);1H. The zero-order valence-corrected chi connectivity index (χ0v) is 17.9. The molecule has 8 heteroatoms. The molecule has 2 N–H and O–H groups in total. The Hall–Kier alpha value is -1.84. The molecule has 2 rings (SSSR count). The molecule has 0 spiro atoms. The van der Waals surface area contributed by atoms with Gasteiger partial charge in [-0.15, -0.1) is 24.0 Å². The van der Waals surface area contributed by atoms with Gasteiger partial charge in [0.15, 0.2) is 5.96 Å². The molecule has 1 aromatic carbocycles. The summed E-state index contributed by atoms with van der Waals surface area (Å²) in [6.07, 6.45) is 0. The van der Waals surface area contributed by atoms with Crippen molar-refractivity contribution in [3.05, 3.63) is 35.4 Å². The lowest BCUT2D eigenvalue weighted by Crippen LogP contribution is -2.53. The van der Waals surface area contributed by atoms with Crippen LogP contribution in [0.1, 0.15) is 29.8 Å². The summed E-state index contributed by atoms with van der Waals surface area (Å²) in [5, 5.41) is 5.94. The summed E-state index contributed by atoms with van der Waals surface area (Å²) in [5.74, 6) is 0.863. The Bertz CT molecular complexity index is 642. The maximum Gasteiger partial charge on any atom is 0.251 e. The number of guanidine groups is 1. The van der Waals surface area contributed by atoms with Crippen molar-refractivity contribution in [1.29, 1.82) is 0 Å². The Morgan fingerprint density at radius 3 is 2.38 bits per heavy atom. The van der Waals surface area contributed by atoms with Crippen LogP contribution in [0.5, 0.6) is 0 Å². The van der Waals surface area contributed by atoms with Crippen LogP contribution in [0.25, 0.3) is 0 Å². The van der Waals surface area contributed by atoms with Crippen LogP contribution in [0, 0.1) is 0 Å². The molecule has 2 amide bonds. The summed E-state index contributed by atoms with van der Waals surface area (Å²) in [6.45, 7) is 7.89. The van der Waals surface area contributed by atoms with Crippen LogP contribution < -0.4 is 10.6 Å². The molecule has 0 aromatic heterocycles. The number of aliphatic imine (C=N–C) groups is 1. The van der Waals surface area contributed by atoms with E-state index in [1.54, 1.807) is 20.0 Å². The largest absolute Gasteiger partial charge is 0.357 e. The summed E-state index contributed by atoms with van der Waals surface area (Å²) in [6, 6.07) is 7.49. The fourth-order valence-corrected chi connectivity index (χ4v) is 2.78. The fourth-order valence-electron chi connectivity index (χ4n) is 2.78. The third-order valence-electron chi connectivity index (χ3n) is 4.19. The first-order valence-corrected chi connectivity index (χ1v) is 8.65. The highest BCUT2D eigenvalue weighted by Gasteiger charge is 2.20. The highest BCUT2D eigenvalue weighted by atomic mass is 127. The van der Waals surface area contributed by atoms with Crippen LogP contribution in [0.2, 0.25) is 0 Å². The van der Waals surface area contributed by atoms with Crippen LogP contribution in [0.4, 0.5) is 0 Å². The summed E-state index contributed by atoms with van der Waals surface area (Å²) < 4.78 is 0. The van der Waals surface area contributed by atoms with Gasteiger partial charge >= 0.3 is 0 Å². The number of hydrogen-bond donors (Lipinski definition) is 2. The maximum atomic E-state index is 11.7. The molecule has 1 fully saturated rings. The van der Waals surface area contributed by atoms with Crippen molar-refractivity contribution < 1.29 is 9.59 Å². The maximum absolute atomic E-state index is 11.7. The minimum absolute atomic E-state index is 0. The minimum atomic E-state index is -0.0990. The van der Waals surface area contributed by atoms with E-state index in [4.69, 9.17) is 4.99 Å². The summed E-state index contributed by atoms with van der Waals surface area (Å²) >= 11 is 0. The second kappa shape index (κ2) is 11.0. The van der Waals surface area contributed by atoms with E-state index in [2.05, 4.69) is 15.5 Å². The van der Waals surface area contributed by atoms with Gasteiger partial charge in [-0.2, -0.15) is 0 Å². The van der Waals surface area contributed by atoms with E-state index in [9.17, 15) is 9.59 Å². The van der Waals surface area contributed by atoms with Gasteiger partial charge in [-0.05, 0) is 24.6 Å². The van der Waals surface area contributed by atoms with E-state index in [1.807, 2.05) is 30.0 Å². The van der Waals surface area contributed by atoms with E-state index < -0.39 is 0 Å². The monoisotopic (exact) mass is 473 g/mol. The van der Waals surface area contributed by atoms with Crippen molar-refractivity contribution in [2.45, 2.75) is 20.4 Å². The number of benzene rings is 1. The van der Waals surface area contributed by atoms with Crippen LogP contribution >= 0.6 is 24.0 Å². The fraction of sp³-hybridized carbons (Fsp3) is 0.500. The number of halogens is 1. The highest BCUT2D eigenvalue weighted by Crippen LogP contribution is 2.08. The third-order valence-corrected chi connectivity index (χ3v) is 4.19. The topological polar surface area (TPSA) is 77.0 Å².